The second-order valence-corrected chi connectivity index (χ2v) is 6.95. The lowest BCUT2D eigenvalue weighted by Gasteiger charge is -2.27. The van der Waals surface area contributed by atoms with E-state index in [0.717, 1.165) is 25.9 Å². The Hall–Kier alpha value is -1.79. The van der Waals surface area contributed by atoms with Crippen LogP contribution in [0.2, 0.25) is 0 Å². The first kappa shape index (κ1) is 16.6. The topological polar surface area (TPSA) is 87.2 Å². The van der Waals surface area contributed by atoms with Crippen molar-refractivity contribution in [2.45, 2.75) is 51.7 Å². The summed E-state index contributed by atoms with van der Waals surface area (Å²) >= 11 is 0. The Labute approximate surface area is 130 Å². The third kappa shape index (κ3) is 3.69. The number of carboxylic acids is 1. The molecule has 2 amide bonds. The molecule has 2 aliphatic heterocycles. The van der Waals surface area contributed by atoms with Crippen molar-refractivity contribution in [2.75, 3.05) is 19.6 Å². The summed E-state index contributed by atoms with van der Waals surface area (Å²) in [5.41, 5.74) is -0.697. The molecule has 0 aromatic rings. The summed E-state index contributed by atoms with van der Waals surface area (Å²) in [7, 11) is 0. The van der Waals surface area contributed by atoms with Crippen molar-refractivity contribution in [3.63, 3.8) is 0 Å². The second kappa shape index (κ2) is 6.14. The number of carbonyl (C=O) groups excluding carboxylic acids is 2. The van der Waals surface area contributed by atoms with E-state index in [1.807, 2.05) is 0 Å². The van der Waals surface area contributed by atoms with Crippen molar-refractivity contribution in [2.24, 2.45) is 5.92 Å². The van der Waals surface area contributed by atoms with Crippen LogP contribution in [0.3, 0.4) is 0 Å². The standard InChI is InChI=1S/C15H24N2O5/c1-15(2,3)22-14(21)17-9-10(8-11(17)13(19)20)12(18)16-6-4-5-7-16/h10-11H,4-9H2,1-3H3,(H,19,20)/t10-,11+/m1/s1. The molecule has 2 aliphatic rings. The van der Waals surface area contributed by atoms with E-state index in [4.69, 9.17) is 4.74 Å². The average molecular weight is 312 g/mol. The molecule has 0 aromatic carbocycles. The Morgan fingerprint density at radius 3 is 2.23 bits per heavy atom. The lowest BCUT2D eigenvalue weighted by Crippen LogP contribution is -2.43. The number of ether oxygens (including phenoxy) is 1. The van der Waals surface area contributed by atoms with E-state index >= 15 is 0 Å². The Balaban J connectivity index is 2.07. The van der Waals surface area contributed by atoms with E-state index in [1.165, 1.54) is 4.90 Å². The van der Waals surface area contributed by atoms with Crippen molar-refractivity contribution in [3.05, 3.63) is 0 Å². The van der Waals surface area contributed by atoms with Gasteiger partial charge in [0, 0.05) is 19.6 Å². The second-order valence-electron chi connectivity index (χ2n) is 6.95. The molecule has 0 aromatic heterocycles. The highest BCUT2D eigenvalue weighted by Crippen LogP contribution is 2.28. The van der Waals surface area contributed by atoms with Gasteiger partial charge in [0.25, 0.3) is 0 Å². The third-order valence-electron chi connectivity index (χ3n) is 3.98. The van der Waals surface area contributed by atoms with E-state index in [1.54, 1.807) is 25.7 Å². The smallest absolute Gasteiger partial charge is 0.411 e. The monoisotopic (exact) mass is 312 g/mol. The van der Waals surface area contributed by atoms with Crippen LogP contribution in [0.1, 0.15) is 40.0 Å². The van der Waals surface area contributed by atoms with Gasteiger partial charge in [0.1, 0.15) is 11.6 Å². The van der Waals surface area contributed by atoms with E-state index in [-0.39, 0.29) is 18.9 Å². The fraction of sp³-hybridized carbons (Fsp3) is 0.800. The van der Waals surface area contributed by atoms with Crippen molar-refractivity contribution in [1.29, 1.82) is 0 Å². The van der Waals surface area contributed by atoms with E-state index in [9.17, 15) is 19.5 Å². The zero-order chi connectivity index (χ0) is 16.5. The maximum Gasteiger partial charge on any atom is 0.411 e. The zero-order valence-corrected chi connectivity index (χ0v) is 13.4. The molecule has 0 spiro atoms. The molecule has 1 N–H and O–H groups in total. The fourth-order valence-corrected chi connectivity index (χ4v) is 2.97. The third-order valence-corrected chi connectivity index (χ3v) is 3.98. The van der Waals surface area contributed by atoms with Gasteiger partial charge in [-0.05, 0) is 40.0 Å². The van der Waals surface area contributed by atoms with Gasteiger partial charge in [-0.2, -0.15) is 0 Å². The first-order valence-corrected chi connectivity index (χ1v) is 7.70. The number of aliphatic carboxylic acids is 1. The number of rotatable bonds is 2. The molecular weight excluding hydrogens is 288 g/mol. The van der Waals surface area contributed by atoms with Gasteiger partial charge >= 0.3 is 12.1 Å². The highest BCUT2D eigenvalue weighted by atomic mass is 16.6. The van der Waals surface area contributed by atoms with Crippen LogP contribution in [0.25, 0.3) is 0 Å². The maximum absolute atomic E-state index is 12.4. The summed E-state index contributed by atoms with van der Waals surface area (Å²) in [6, 6.07) is -0.994. The van der Waals surface area contributed by atoms with Gasteiger partial charge in [-0.1, -0.05) is 0 Å². The molecule has 2 fully saturated rings. The summed E-state index contributed by atoms with van der Waals surface area (Å²) in [6.45, 7) is 6.73. The Kier molecular flexibility index (Phi) is 4.63. The zero-order valence-electron chi connectivity index (χ0n) is 13.4. The van der Waals surface area contributed by atoms with Gasteiger partial charge in [-0.25, -0.2) is 9.59 Å². The molecule has 0 radical (unpaired) electrons. The largest absolute Gasteiger partial charge is 0.480 e. The summed E-state index contributed by atoms with van der Waals surface area (Å²) in [5, 5.41) is 9.32. The number of hydrogen-bond donors (Lipinski definition) is 1. The highest BCUT2D eigenvalue weighted by molar-refractivity contribution is 5.86. The predicted octanol–water partition coefficient (Wildman–Crippen LogP) is 1.32. The Bertz CT molecular complexity index is 465. The molecule has 0 saturated carbocycles. The van der Waals surface area contributed by atoms with E-state index < -0.39 is 29.6 Å². The maximum atomic E-state index is 12.4. The number of hydrogen-bond acceptors (Lipinski definition) is 4. The van der Waals surface area contributed by atoms with Gasteiger partial charge in [0.15, 0.2) is 0 Å². The molecule has 2 saturated heterocycles. The lowest BCUT2D eigenvalue weighted by molar-refractivity contribution is -0.142. The van der Waals surface area contributed by atoms with Crippen LogP contribution in [-0.4, -0.2) is 64.2 Å². The van der Waals surface area contributed by atoms with Crippen LogP contribution in [0.4, 0.5) is 4.79 Å². The Morgan fingerprint density at radius 1 is 1.14 bits per heavy atom. The van der Waals surface area contributed by atoms with Crippen LogP contribution >= 0.6 is 0 Å². The molecule has 7 nitrogen and oxygen atoms in total. The minimum absolute atomic E-state index is 0.0465. The van der Waals surface area contributed by atoms with Crippen molar-refractivity contribution < 1.29 is 24.2 Å². The molecule has 0 unspecified atom stereocenters. The lowest BCUT2D eigenvalue weighted by atomic mass is 10.0. The predicted molar refractivity (Wildman–Crippen MR) is 78.3 cm³/mol. The van der Waals surface area contributed by atoms with E-state index in [0.29, 0.717) is 0 Å². The normalized spacial score (nSPS) is 25.4. The van der Waals surface area contributed by atoms with E-state index in [2.05, 4.69) is 0 Å². The first-order valence-electron chi connectivity index (χ1n) is 7.70. The quantitative estimate of drug-likeness (QED) is 0.831. The van der Waals surface area contributed by atoms with Crippen molar-refractivity contribution in [3.8, 4) is 0 Å². The molecular formula is C15H24N2O5. The Morgan fingerprint density at radius 2 is 1.73 bits per heavy atom. The molecule has 124 valence electrons. The molecule has 2 rings (SSSR count). The van der Waals surface area contributed by atoms with Gasteiger partial charge in [0.2, 0.25) is 5.91 Å². The summed E-state index contributed by atoms with van der Waals surface area (Å²) in [5.74, 6) is -1.59. The SMILES string of the molecule is CC(C)(C)OC(=O)N1C[C@H](C(=O)N2CCCC2)C[C@H]1C(=O)O. The van der Waals surface area contributed by atoms with Crippen molar-refractivity contribution >= 4 is 18.0 Å². The average Bonchev–Trinajstić information content (AvgIpc) is 3.05. The number of nitrogens with zero attached hydrogens (tertiary/aromatic N) is 2. The summed E-state index contributed by atoms with van der Waals surface area (Å²) in [6.07, 6.45) is 1.45. The number of amides is 2. The van der Waals surface area contributed by atoms with Gasteiger partial charge in [-0.3, -0.25) is 9.69 Å². The number of likely N-dealkylation sites (tertiary alicyclic amines) is 2. The number of carbonyl (C=O) groups is 3. The van der Waals surface area contributed by atoms with Crippen LogP contribution < -0.4 is 0 Å². The van der Waals surface area contributed by atoms with Gasteiger partial charge < -0.3 is 14.7 Å². The fourth-order valence-electron chi connectivity index (χ4n) is 2.97. The van der Waals surface area contributed by atoms with Crippen LogP contribution in [0.5, 0.6) is 0 Å². The van der Waals surface area contributed by atoms with Crippen LogP contribution in [0, 0.1) is 5.92 Å². The molecule has 2 atom stereocenters. The first-order chi connectivity index (χ1) is 10.2. The molecule has 2 heterocycles. The van der Waals surface area contributed by atoms with Gasteiger partial charge in [0.05, 0.1) is 5.92 Å². The number of carboxylic acid groups (broad SMARTS) is 1. The summed E-state index contributed by atoms with van der Waals surface area (Å²) < 4.78 is 5.25. The van der Waals surface area contributed by atoms with Crippen LogP contribution in [-0.2, 0) is 14.3 Å². The summed E-state index contributed by atoms with van der Waals surface area (Å²) in [4.78, 5) is 38.9. The minimum Gasteiger partial charge on any atom is -0.480 e. The molecule has 0 aliphatic carbocycles. The molecule has 22 heavy (non-hydrogen) atoms. The molecule has 7 heteroatoms. The van der Waals surface area contributed by atoms with Crippen molar-refractivity contribution in [1.82, 2.24) is 9.80 Å². The molecule has 0 bridgehead atoms. The van der Waals surface area contributed by atoms with Crippen LogP contribution in [0.15, 0.2) is 0 Å². The minimum atomic E-state index is -1.09. The van der Waals surface area contributed by atoms with Gasteiger partial charge in [-0.15, -0.1) is 0 Å². The highest BCUT2D eigenvalue weighted by Gasteiger charge is 2.45.